The minimum Gasteiger partial charge on any atom is -1.00 e. The zero-order valence-corrected chi connectivity index (χ0v) is 11.7. The summed E-state index contributed by atoms with van der Waals surface area (Å²) in [6, 6.07) is -0.816. The Hall–Kier alpha value is 1.36. The third kappa shape index (κ3) is 12.1. The number of carboxylic acids is 1. The molecule has 0 bridgehead atoms. The summed E-state index contributed by atoms with van der Waals surface area (Å²) < 4.78 is 0. The molecule has 0 aromatic rings. The third-order valence-corrected chi connectivity index (χ3v) is 0.907. The fourth-order valence-corrected chi connectivity index (χ4v) is 0.234. The number of rotatable bonds is 2. The molecule has 0 aromatic carbocycles. The molecule has 4 nitrogen and oxygen atoms in total. The van der Waals surface area contributed by atoms with Gasteiger partial charge in [0.05, 0.1) is 0 Å². The van der Waals surface area contributed by atoms with Gasteiger partial charge < -0.3 is 17.7 Å². The number of carbonyl (C=O) groups is 1. The molecular weight excluding hydrogens is 218 g/mol. The van der Waals surface area contributed by atoms with E-state index in [1.807, 2.05) is 0 Å². The van der Waals surface area contributed by atoms with Crippen molar-refractivity contribution in [2.45, 2.75) is 6.04 Å². The van der Waals surface area contributed by atoms with Gasteiger partial charge in [0, 0.05) is 25.2 Å². The number of hydrogen-bond acceptors (Lipinski definition) is 3. The van der Waals surface area contributed by atoms with Crippen LogP contribution in [0.15, 0.2) is 0 Å². The van der Waals surface area contributed by atoms with Crippen LogP contribution in [0.4, 0.5) is 0 Å². The van der Waals surface area contributed by atoms with Crippen LogP contribution < -0.4 is 35.3 Å². The predicted octanol–water partition coefficient (Wildman–Crippen LogP) is -4.38. The van der Waals surface area contributed by atoms with Crippen LogP contribution in [0.2, 0.25) is 0 Å². The van der Waals surface area contributed by atoms with Crippen molar-refractivity contribution in [1.82, 2.24) is 0 Å². The maximum absolute atomic E-state index is 9.76. The van der Waals surface area contributed by atoms with Crippen LogP contribution in [0.5, 0.6) is 0 Å². The van der Waals surface area contributed by atoms with Gasteiger partial charge >= 0.3 is 35.5 Å². The van der Waals surface area contributed by atoms with Crippen LogP contribution in [-0.2, 0) is 24.3 Å². The Morgan fingerprint density at radius 3 is 2.10 bits per heavy atom. The molecule has 10 heavy (non-hydrogen) atoms. The number of aliphatic carboxylic acids is 1. The van der Waals surface area contributed by atoms with E-state index >= 15 is 0 Å². The molecule has 0 heterocycles. The van der Waals surface area contributed by atoms with Crippen molar-refractivity contribution in [3.05, 3.63) is 0 Å². The number of hydrogen-bond donors (Lipinski definition) is 3. The van der Waals surface area contributed by atoms with Crippen molar-refractivity contribution in [3.63, 3.8) is 0 Å². The van der Waals surface area contributed by atoms with E-state index in [9.17, 15) is 4.79 Å². The molecule has 0 saturated heterocycles. The minimum atomic E-state index is -1.00. The largest absolute Gasteiger partial charge is 1.00 e. The molecule has 0 rings (SSSR count). The van der Waals surface area contributed by atoms with Gasteiger partial charge in [-0.1, -0.05) is 0 Å². The van der Waals surface area contributed by atoms with Crippen LogP contribution >= 0.6 is 12.6 Å². The second-order valence-corrected chi connectivity index (χ2v) is 1.49. The van der Waals surface area contributed by atoms with Gasteiger partial charge in [-0.15, -0.1) is 0 Å². The molecule has 0 aliphatic rings. The second-order valence-electron chi connectivity index (χ2n) is 1.13. The molecule has 0 aliphatic heterocycles. The normalized spacial score (nSPS) is 9.40. The van der Waals surface area contributed by atoms with E-state index in [2.05, 4.69) is 12.6 Å². The molecule has 5 N–H and O–H groups in total. The van der Waals surface area contributed by atoms with E-state index in [-0.39, 0.29) is 61.7 Å². The molecule has 0 radical (unpaired) electrons. The maximum Gasteiger partial charge on any atom is 1.00 e. The number of carboxylic acid groups (broad SMARTS) is 1. The topological polar surface area (TPSA) is 94.8 Å². The first kappa shape index (κ1) is 22.5. The Balaban J connectivity index is -0.0000000300. The van der Waals surface area contributed by atoms with E-state index in [1.165, 1.54) is 0 Å². The molecule has 1 unspecified atom stereocenters. The van der Waals surface area contributed by atoms with Gasteiger partial charge in [0.15, 0.2) is 0 Å². The summed E-state index contributed by atoms with van der Waals surface area (Å²) in [5.74, 6) is -0.815. The average Bonchev–Trinajstić information content (AvgIpc) is 1.65. The van der Waals surface area contributed by atoms with E-state index in [0.29, 0.717) is 0 Å². The molecule has 0 spiro atoms. The Labute approximate surface area is 101 Å². The maximum atomic E-state index is 9.76. The molecule has 0 amide bonds. The summed E-state index contributed by atoms with van der Waals surface area (Å²) in [4.78, 5) is 9.76. The van der Waals surface area contributed by atoms with Crippen molar-refractivity contribution in [2.75, 3.05) is 5.75 Å². The Morgan fingerprint density at radius 1 is 1.80 bits per heavy atom. The standard InChI is InChI=1S/C3H7NO2S.Na.H2O.Zn.H/c4-2(1-7)3(5)6;;;;/h2,7H,1,4H2,(H,5,6);;1H2;;/q;+1;;;-1. The summed E-state index contributed by atoms with van der Waals surface area (Å²) in [7, 11) is 0. The number of thiol groups is 1. The summed E-state index contributed by atoms with van der Waals surface area (Å²) in [5.41, 5.74) is 4.94. The van der Waals surface area contributed by atoms with Crippen LogP contribution in [-0.4, -0.2) is 28.3 Å². The zero-order valence-electron chi connectivity index (χ0n) is 6.87. The van der Waals surface area contributed by atoms with Crippen molar-refractivity contribution >= 4 is 18.6 Å². The quantitative estimate of drug-likeness (QED) is 0.329. The van der Waals surface area contributed by atoms with Gasteiger partial charge in [0.25, 0.3) is 0 Å². The summed E-state index contributed by atoms with van der Waals surface area (Å²) in [6.07, 6.45) is 0. The van der Waals surface area contributed by atoms with Crippen LogP contribution in [0.1, 0.15) is 1.43 Å². The van der Waals surface area contributed by atoms with Gasteiger partial charge in [-0.05, 0) is 0 Å². The molecule has 1 atom stereocenters. The van der Waals surface area contributed by atoms with E-state index in [4.69, 9.17) is 10.8 Å². The molecular formula is C3H10NNaO3SZn. The summed E-state index contributed by atoms with van der Waals surface area (Å²) >= 11 is 3.65. The van der Waals surface area contributed by atoms with E-state index in [0.717, 1.165) is 0 Å². The fourth-order valence-electron chi connectivity index (χ4n) is 0.0781. The van der Waals surface area contributed by atoms with Gasteiger partial charge in [-0.2, -0.15) is 12.6 Å². The Morgan fingerprint density at radius 2 is 2.10 bits per heavy atom. The molecule has 0 aromatic heterocycles. The Kier molecular flexibility index (Phi) is 29.2. The van der Waals surface area contributed by atoms with Crippen molar-refractivity contribution < 1.29 is 65.8 Å². The molecule has 0 fully saturated rings. The van der Waals surface area contributed by atoms with Gasteiger partial charge in [-0.25, -0.2) is 0 Å². The molecule has 54 valence electrons. The zero-order chi connectivity index (χ0) is 5.86. The minimum absolute atomic E-state index is 0. The van der Waals surface area contributed by atoms with E-state index < -0.39 is 12.0 Å². The average molecular weight is 229 g/mol. The molecule has 7 heteroatoms. The van der Waals surface area contributed by atoms with Crippen molar-refractivity contribution in [1.29, 1.82) is 0 Å². The molecule has 0 saturated carbocycles. The monoisotopic (exact) mass is 227 g/mol. The second kappa shape index (κ2) is 13.0. The first-order valence-corrected chi connectivity index (χ1v) is 2.41. The van der Waals surface area contributed by atoms with Crippen LogP contribution in [0.3, 0.4) is 0 Å². The molecule has 0 aliphatic carbocycles. The van der Waals surface area contributed by atoms with Crippen LogP contribution in [0.25, 0.3) is 0 Å². The SMILES string of the molecule is NC(CS)C(=O)O.O.[H-].[Na+].[Zn]. The van der Waals surface area contributed by atoms with Gasteiger partial charge in [0.2, 0.25) is 0 Å². The predicted molar refractivity (Wildman–Crippen MR) is 34.2 cm³/mol. The third-order valence-electron chi connectivity index (χ3n) is 0.514. The smallest absolute Gasteiger partial charge is 1.00 e. The number of nitrogens with two attached hydrogens (primary N) is 1. The first-order valence-electron chi connectivity index (χ1n) is 1.77. The van der Waals surface area contributed by atoms with Crippen LogP contribution in [0, 0.1) is 0 Å². The van der Waals surface area contributed by atoms with Gasteiger partial charge in [-0.3, -0.25) is 4.79 Å². The summed E-state index contributed by atoms with van der Waals surface area (Å²) in [6.45, 7) is 0. The first-order chi connectivity index (χ1) is 3.18. The van der Waals surface area contributed by atoms with Crippen molar-refractivity contribution in [2.24, 2.45) is 5.73 Å². The van der Waals surface area contributed by atoms with Gasteiger partial charge in [0.1, 0.15) is 6.04 Å². The Bertz CT molecular complexity index is 91.0. The van der Waals surface area contributed by atoms with Crippen molar-refractivity contribution in [3.8, 4) is 0 Å². The summed E-state index contributed by atoms with van der Waals surface area (Å²) in [5, 5.41) is 8.01. The van der Waals surface area contributed by atoms with E-state index in [1.54, 1.807) is 0 Å². The fraction of sp³-hybridized carbons (Fsp3) is 0.667.